The molecular weight excluding hydrogens is 443 g/mol. The maximum Gasteiger partial charge on any atom is 0.250 e. The van der Waals surface area contributed by atoms with E-state index in [2.05, 4.69) is 0 Å². The number of hydrogen-bond donors (Lipinski definition) is 0. The van der Waals surface area contributed by atoms with Gasteiger partial charge in [-0.05, 0) is 41.5 Å². The fourth-order valence-electron chi connectivity index (χ4n) is 3.41. The molecule has 0 radical (unpaired) electrons. The fourth-order valence-corrected chi connectivity index (χ4v) is 4.98. The second-order valence-corrected chi connectivity index (χ2v) is 9.53. The maximum absolute atomic E-state index is 14.1. The number of aromatic nitrogens is 1. The highest BCUT2D eigenvalue weighted by Gasteiger charge is 2.26. The van der Waals surface area contributed by atoms with Crippen LogP contribution < -0.4 is 5.56 Å². The average Bonchev–Trinajstić information content (AvgIpc) is 2.78. The van der Waals surface area contributed by atoms with Gasteiger partial charge in [-0.15, -0.1) is 0 Å². The molecule has 0 N–H and O–H groups in total. The van der Waals surface area contributed by atoms with Gasteiger partial charge in [0.25, 0.3) is 5.56 Å². The summed E-state index contributed by atoms with van der Waals surface area (Å²) in [5.41, 5.74) is 1.52. The van der Waals surface area contributed by atoms with E-state index < -0.39 is 15.8 Å². The molecule has 0 atom stereocenters. The highest BCUT2D eigenvalue weighted by molar-refractivity contribution is 7.89. The molecular formula is C22H20ClFN2O4S. The number of nitrogens with zero attached hydrogens (tertiary/aromatic N) is 2. The number of hydrogen-bond acceptors (Lipinski definition) is 4. The van der Waals surface area contributed by atoms with Crippen LogP contribution in [0.3, 0.4) is 0 Å². The van der Waals surface area contributed by atoms with Crippen molar-refractivity contribution in [2.75, 3.05) is 26.3 Å². The van der Waals surface area contributed by atoms with E-state index in [0.717, 1.165) is 5.56 Å². The summed E-state index contributed by atoms with van der Waals surface area (Å²) in [5.74, 6) is -0.484. The number of benzene rings is 2. The molecule has 0 aliphatic carbocycles. The smallest absolute Gasteiger partial charge is 0.250 e. The first-order valence-corrected chi connectivity index (χ1v) is 11.5. The Bertz CT molecular complexity index is 1250. The summed E-state index contributed by atoms with van der Waals surface area (Å²) in [6.45, 7) is 1.48. The van der Waals surface area contributed by atoms with E-state index in [9.17, 15) is 17.6 Å². The third-order valence-corrected chi connectivity index (χ3v) is 7.28. The van der Waals surface area contributed by atoms with Crippen molar-refractivity contribution in [2.45, 2.75) is 11.4 Å². The standard InChI is InChI=1S/C22H20ClFN2O4S/c23-19-5-1-18(21(24)13-19)15-25-14-17(4-8-22(25)27)16-2-6-20(7-3-16)31(28,29)26-9-11-30-12-10-26/h1-8,13-14H,9-12,15H2. The van der Waals surface area contributed by atoms with Crippen LogP contribution in [-0.4, -0.2) is 43.6 Å². The Morgan fingerprint density at radius 2 is 1.65 bits per heavy atom. The van der Waals surface area contributed by atoms with Crippen LogP contribution in [0.2, 0.25) is 5.02 Å². The molecule has 1 aromatic heterocycles. The van der Waals surface area contributed by atoms with Crippen LogP contribution in [-0.2, 0) is 21.3 Å². The summed E-state index contributed by atoms with van der Waals surface area (Å²) < 4.78 is 47.7. The van der Waals surface area contributed by atoms with Crippen molar-refractivity contribution >= 4 is 21.6 Å². The molecule has 0 amide bonds. The predicted octanol–water partition coefficient (Wildman–Crippen LogP) is 3.38. The van der Waals surface area contributed by atoms with E-state index in [0.29, 0.717) is 37.4 Å². The molecule has 1 saturated heterocycles. The summed E-state index contributed by atoms with van der Waals surface area (Å²) >= 11 is 5.79. The van der Waals surface area contributed by atoms with E-state index in [1.165, 1.54) is 21.0 Å². The molecule has 31 heavy (non-hydrogen) atoms. The molecule has 9 heteroatoms. The lowest BCUT2D eigenvalue weighted by Gasteiger charge is -2.26. The molecule has 0 unspecified atom stereocenters. The van der Waals surface area contributed by atoms with Crippen LogP contribution in [0.5, 0.6) is 0 Å². The number of rotatable bonds is 5. The zero-order valence-corrected chi connectivity index (χ0v) is 18.1. The van der Waals surface area contributed by atoms with Crippen LogP contribution in [0.4, 0.5) is 4.39 Å². The van der Waals surface area contributed by atoms with Crippen molar-refractivity contribution in [2.24, 2.45) is 0 Å². The fraction of sp³-hybridized carbons (Fsp3) is 0.227. The first-order chi connectivity index (χ1) is 14.8. The van der Waals surface area contributed by atoms with Crippen LogP contribution in [0, 0.1) is 5.82 Å². The van der Waals surface area contributed by atoms with Crippen LogP contribution in [0.1, 0.15) is 5.56 Å². The quantitative estimate of drug-likeness (QED) is 0.583. The Hall–Kier alpha value is -2.52. The number of sulfonamides is 1. The second kappa shape index (κ2) is 8.92. The zero-order chi connectivity index (χ0) is 22.0. The van der Waals surface area contributed by atoms with Gasteiger partial charge < -0.3 is 9.30 Å². The average molecular weight is 463 g/mol. The van der Waals surface area contributed by atoms with Crippen molar-refractivity contribution in [3.8, 4) is 11.1 Å². The highest BCUT2D eigenvalue weighted by Crippen LogP contribution is 2.23. The van der Waals surface area contributed by atoms with Gasteiger partial charge in [0.2, 0.25) is 10.0 Å². The molecule has 1 aliphatic rings. The van der Waals surface area contributed by atoms with E-state index in [1.807, 2.05) is 0 Å². The first kappa shape index (κ1) is 21.7. The molecule has 4 rings (SSSR count). The topological polar surface area (TPSA) is 68.6 Å². The van der Waals surface area contributed by atoms with Crippen molar-refractivity contribution < 1.29 is 17.5 Å². The van der Waals surface area contributed by atoms with Gasteiger partial charge in [0.15, 0.2) is 0 Å². The first-order valence-electron chi connectivity index (χ1n) is 9.67. The van der Waals surface area contributed by atoms with Crippen LogP contribution in [0.25, 0.3) is 11.1 Å². The number of halogens is 2. The highest BCUT2D eigenvalue weighted by atomic mass is 35.5. The van der Waals surface area contributed by atoms with Gasteiger partial charge >= 0.3 is 0 Å². The van der Waals surface area contributed by atoms with Gasteiger partial charge in [-0.1, -0.05) is 29.8 Å². The molecule has 0 bridgehead atoms. The molecule has 2 aromatic carbocycles. The minimum atomic E-state index is -3.58. The van der Waals surface area contributed by atoms with Gasteiger partial charge in [-0.25, -0.2) is 12.8 Å². The molecule has 162 valence electrons. The third-order valence-electron chi connectivity index (χ3n) is 5.13. The second-order valence-electron chi connectivity index (χ2n) is 7.16. The minimum absolute atomic E-state index is 0.0547. The van der Waals surface area contributed by atoms with Gasteiger partial charge in [0.1, 0.15) is 5.82 Å². The lowest BCUT2D eigenvalue weighted by Crippen LogP contribution is -2.40. The summed E-state index contributed by atoms with van der Waals surface area (Å²) in [5, 5.41) is 0.287. The number of pyridine rings is 1. The van der Waals surface area contributed by atoms with Crippen molar-refractivity contribution in [3.63, 3.8) is 0 Å². The lowest BCUT2D eigenvalue weighted by atomic mass is 10.1. The summed E-state index contributed by atoms with van der Waals surface area (Å²) in [6, 6.07) is 13.9. The van der Waals surface area contributed by atoms with Crippen molar-refractivity contribution in [1.82, 2.24) is 8.87 Å². The van der Waals surface area contributed by atoms with E-state index in [1.54, 1.807) is 48.7 Å². The van der Waals surface area contributed by atoms with Crippen LogP contribution in [0.15, 0.2) is 70.5 Å². The monoisotopic (exact) mass is 462 g/mol. The van der Waals surface area contributed by atoms with Gasteiger partial charge in [0.05, 0.1) is 24.7 Å². The van der Waals surface area contributed by atoms with Crippen molar-refractivity contribution in [1.29, 1.82) is 0 Å². The maximum atomic E-state index is 14.1. The Balaban J connectivity index is 1.60. The van der Waals surface area contributed by atoms with Gasteiger partial charge in [0, 0.05) is 35.9 Å². The Labute approximate surface area is 184 Å². The summed E-state index contributed by atoms with van der Waals surface area (Å²) in [4.78, 5) is 12.5. The molecule has 3 aromatic rings. The van der Waals surface area contributed by atoms with E-state index in [4.69, 9.17) is 16.3 Å². The molecule has 6 nitrogen and oxygen atoms in total. The normalized spacial score (nSPS) is 15.2. The number of morpholine rings is 1. The summed E-state index contributed by atoms with van der Waals surface area (Å²) in [6.07, 6.45) is 1.63. The zero-order valence-electron chi connectivity index (χ0n) is 16.5. The Morgan fingerprint density at radius 3 is 2.32 bits per heavy atom. The third kappa shape index (κ3) is 4.72. The number of ether oxygens (including phenoxy) is 1. The van der Waals surface area contributed by atoms with Gasteiger partial charge in [-0.2, -0.15) is 4.31 Å². The molecule has 0 spiro atoms. The molecule has 0 saturated carbocycles. The summed E-state index contributed by atoms with van der Waals surface area (Å²) in [7, 11) is -3.58. The Kier molecular flexibility index (Phi) is 6.24. The SMILES string of the molecule is O=c1ccc(-c2ccc(S(=O)(=O)N3CCOCC3)cc2)cn1Cc1ccc(Cl)cc1F. The molecule has 1 aliphatic heterocycles. The Morgan fingerprint density at radius 1 is 0.968 bits per heavy atom. The van der Waals surface area contributed by atoms with Crippen LogP contribution >= 0.6 is 11.6 Å². The van der Waals surface area contributed by atoms with Crippen molar-refractivity contribution in [3.05, 3.63) is 87.6 Å². The predicted molar refractivity (Wildman–Crippen MR) is 116 cm³/mol. The molecule has 1 fully saturated rings. The largest absolute Gasteiger partial charge is 0.379 e. The molecule has 2 heterocycles. The van der Waals surface area contributed by atoms with E-state index >= 15 is 0 Å². The minimum Gasteiger partial charge on any atom is -0.379 e. The lowest BCUT2D eigenvalue weighted by molar-refractivity contribution is 0.0730. The van der Waals surface area contributed by atoms with Gasteiger partial charge in [-0.3, -0.25) is 4.79 Å². The van der Waals surface area contributed by atoms with E-state index in [-0.39, 0.29) is 22.0 Å².